The van der Waals surface area contributed by atoms with Gasteiger partial charge in [0, 0.05) is 32.7 Å². The molecule has 0 aliphatic carbocycles. The van der Waals surface area contributed by atoms with Crippen molar-refractivity contribution < 1.29 is 32.0 Å². The minimum Gasteiger partial charge on any atom is -0.459 e. The maximum Gasteiger partial charge on any atom is 0.471 e. The zero-order valence-electron chi connectivity index (χ0n) is 13.9. The van der Waals surface area contributed by atoms with Crippen molar-refractivity contribution in [2.24, 2.45) is 0 Å². The number of carbonyl (C=O) groups is 3. The van der Waals surface area contributed by atoms with Crippen LogP contribution in [0, 0.1) is 0 Å². The van der Waals surface area contributed by atoms with Gasteiger partial charge < -0.3 is 19.1 Å². The standard InChI is InChI=1S/C16H18F3N3O4/c17-16(18,19)15(25)22-5-1-3-11(22)13(23)20-6-8-21(9-7-20)14(24)12-4-2-10-26-12/h2,4,10-11H,1,3,5-9H2. The number of likely N-dealkylation sites (tertiary alicyclic amines) is 1. The van der Waals surface area contributed by atoms with E-state index in [9.17, 15) is 27.6 Å². The van der Waals surface area contributed by atoms with Crippen LogP contribution in [0.15, 0.2) is 22.8 Å². The van der Waals surface area contributed by atoms with Crippen molar-refractivity contribution in [2.45, 2.75) is 25.1 Å². The summed E-state index contributed by atoms with van der Waals surface area (Å²) in [6.45, 7) is 0.841. The summed E-state index contributed by atoms with van der Waals surface area (Å²) in [7, 11) is 0. The van der Waals surface area contributed by atoms with Gasteiger partial charge in [0.25, 0.3) is 5.91 Å². The Morgan fingerprint density at radius 1 is 1.04 bits per heavy atom. The van der Waals surface area contributed by atoms with Gasteiger partial charge in [-0.2, -0.15) is 13.2 Å². The molecule has 0 N–H and O–H groups in total. The topological polar surface area (TPSA) is 74.1 Å². The van der Waals surface area contributed by atoms with Crippen molar-refractivity contribution in [3.05, 3.63) is 24.2 Å². The van der Waals surface area contributed by atoms with Crippen LogP contribution >= 0.6 is 0 Å². The number of piperazine rings is 1. The number of amides is 3. The molecule has 3 rings (SSSR count). The summed E-state index contributed by atoms with van der Waals surface area (Å²) in [6, 6.07) is 2.05. The summed E-state index contributed by atoms with van der Waals surface area (Å²) in [5, 5.41) is 0. The summed E-state index contributed by atoms with van der Waals surface area (Å²) in [4.78, 5) is 39.8. The van der Waals surface area contributed by atoms with Gasteiger partial charge in [0.2, 0.25) is 5.91 Å². The van der Waals surface area contributed by atoms with Crippen molar-refractivity contribution in [3.63, 3.8) is 0 Å². The molecule has 10 heteroatoms. The average Bonchev–Trinajstić information content (AvgIpc) is 3.30. The molecular formula is C16H18F3N3O4. The number of halogens is 3. The third-order valence-electron chi connectivity index (χ3n) is 4.65. The molecule has 2 fully saturated rings. The van der Waals surface area contributed by atoms with Gasteiger partial charge in [-0.1, -0.05) is 0 Å². The van der Waals surface area contributed by atoms with Crippen LogP contribution in [-0.2, 0) is 9.59 Å². The van der Waals surface area contributed by atoms with Gasteiger partial charge in [-0.05, 0) is 25.0 Å². The van der Waals surface area contributed by atoms with Crippen LogP contribution in [0.3, 0.4) is 0 Å². The van der Waals surface area contributed by atoms with Crippen LogP contribution in [0.25, 0.3) is 0 Å². The molecule has 1 unspecified atom stereocenters. The van der Waals surface area contributed by atoms with Gasteiger partial charge in [0.1, 0.15) is 6.04 Å². The van der Waals surface area contributed by atoms with E-state index in [2.05, 4.69) is 0 Å². The lowest BCUT2D eigenvalue weighted by molar-refractivity contribution is -0.187. The van der Waals surface area contributed by atoms with Gasteiger partial charge >= 0.3 is 12.1 Å². The van der Waals surface area contributed by atoms with Gasteiger partial charge in [-0.25, -0.2) is 0 Å². The first kappa shape index (κ1) is 18.3. The molecule has 2 aliphatic rings. The highest BCUT2D eigenvalue weighted by Gasteiger charge is 2.48. The Morgan fingerprint density at radius 2 is 1.69 bits per heavy atom. The quantitative estimate of drug-likeness (QED) is 0.779. The van der Waals surface area contributed by atoms with Crippen LogP contribution in [0.4, 0.5) is 13.2 Å². The van der Waals surface area contributed by atoms with Crippen molar-refractivity contribution >= 4 is 17.7 Å². The highest BCUT2D eigenvalue weighted by Crippen LogP contribution is 2.27. The highest BCUT2D eigenvalue weighted by molar-refractivity contribution is 5.92. The lowest BCUT2D eigenvalue weighted by Gasteiger charge is -2.37. The Hall–Kier alpha value is -2.52. The normalized spacial score (nSPS) is 21.2. The number of carbonyl (C=O) groups excluding carboxylic acids is 3. The van der Waals surface area contributed by atoms with Crippen molar-refractivity contribution in [2.75, 3.05) is 32.7 Å². The molecule has 2 saturated heterocycles. The van der Waals surface area contributed by atoms with Gasteiger partial charge in [0.15, 0.2) is 5.76 Å². The maximum absolute atomic E-state index is 12.7. The molecule has 142 valence electrons. The largest absolute Gasteiger partial charge is 0.471 e. The zero-order chi connectivity index (χ0) is 18.9. The second kappa shape index (κ2) is 7.00. The Kier molecular flexibility index (Phi) is 4.92. The second-order valence-corrected chi connectivity index (χ2v) is 6.25. The van der Waals surface area contributed by atoms with E-state index in [0.29, 0.717) is 11.3 Å². The van der Waals surface area contributed by atoms with Crippen molar-refractivity contribution in [1.29, 1.82) is 0 Å². The molecule has 3 heterocycles. The Morgan fingerprint density at radius 3 is 2.27 bits per heavy atom. The van der Waals surface area contributed by atoms with E-state index >= 15 is 0 Å². The average molecular weight is 373 g/mol. The third-order valence-corrected chi connectivity index (χ3v) is 4.65. The van der Waals surface area contributed by atoms with Crippen molar-refractivity contribution in [3.8, 4) is 0 Å². The first-order valence-electron chi connectivity index (χ1n) is 8.28. The summed E-state index contributed by atoms with van der Waals surface area (Å²) in [6.07, 6.45) is -3.03. The van der Waals surface area contributed by atoms with Crippen LogP contribution in [0.1, 0.15) is 23.4 Å². The van der Waals surface area contributed by atoms with Gasteiger partial charge in [-0.15, -0.1) is 0 Å². The van der Waals surface area contributed by atoms with E-state index in [1.807, 2.05) is 0 Å². The maximum atomic E-state index is 12.7. The van der Waals surface area contributed by atoms with E-state index in [1.54, 1.807) is 12.1 Å². The first-order chi connectivity index (χ1) is 12.3. The fraction of sp³-hybridized carbons (Fsp3) is 0.562. The minimum atomic E-state index is -4.99. The number of rotatable bonds is 2. The van der Waals surface area contributed by atoms with E-state index < -0.39 is 24.0 Å². The molecule has 1 aromatic rings. The smallest absolute Gasteiger partial charge is 0.459 e. The van der Waals surface area contributed by atoms with E-state index in [0.717, 1.165) is 0 Å². The molecule has 0 aromatic carbocycles. The predicted octanol–water partition coefficient (Wildman–Crippen LogP) is 1.12. The highest BCUT2D eigenvalue weighted by atomic mass is 19.4. The molecule has 0 spiro atoms. The lowest BCUT2D eigenvalue weighted by atomic mass is 10.1. The van der Waals surface area contributed by atoms with E-state index in [1.165, 1.54) is 16.1 Å². The molecule has 1 atom stereocenters. The van der Waals surface area contributed by atoms with Gasteiger partial charge in [0.05, 0.1) is 6.26 Å². The molecule has 0 radical (unpaired) electrons. The molecule has 1 aromatic heterocycles. The molecule has 7 nitrogen and oxygen atoms in total. The fourth-order valence-electron chi connectivity index (χ4n) is 3.33. The summed E-state index contributed by atoms with van der Waals surface area (Å²) in [5.41, 5.74) is 0. The number of nitrogens with zero attached hydrogens (tertiary/aromatic N) is 3. The zero-order valence-corrected chi connectivity index (χ0v) is 13.9. The third kappa shape index (κ3) is 3.54. The van der Waals surface area contributed by atoms with E-state index in [-0.39, 0.29) is 50.8 Å². The summed E-state index contributed by atoms with van der Waals surface area (Å²) in [5.74, 6) is -2.57. The Labute approximate surface area is 147 Å². The Balaban J connectivity index is 1.59. The molecule has 0 bridgehead atoms. The lowest BCUT2D eigenvalue weighted by Crippen LogP contribution is -2.56. The molecule has 0 saturated carbocycles. The molecular weight excluding hydrogens is 355 g/mol. The number of alkyl halides is 3. The molecule has 26 heavy (non-hydrogen) atoms. The molecule has 2 aliphatic heterocycles. The molecule has 3 amide bonds. The summed E-state index contributed by atoms with van der Waals surface area (Å²) >= 11 is 0. The van der Waals surface area contributed by atoms with Crippen LogP contribution < -0.4 is 0 Å². The SMILES string of the molecule is O=C(c1ccco1)N1CCN(C(=O)C2CCCN2C(=O)C(F)(F)F)CC1. The van der Waals surface area contributed by atoms with Gasteiger partial charge in [-0.3, -0.25) is 14.4 Å². The van der Waals surface area contributed by atoms with Crippen LogP contribution in [0.5, 0.6) is 0 Å². The van der Waals surface area contributed by atoms with Crippen LogP contribution in [-0.4, -0.2) is 77.4 Å². The van der Waals surface area contributed by atoms with E-state index in [4.69, 9.17) is 4.42 Å². The first-order valence-corrected chi connectivity index (χ1v) is 8.28. The monoisotopic (exact) mass is 373 g/mol. The fourth-order valence-corrected chi connectivity index (χ4v) is 3.33. The number of hydrogen-bond acceptors (Lipinski definition) is 4. The number of furan rings is 1. The van der Waals surface area contributed by atoms with Crippen molar-refractivity contribution in [1.82, 2.24) is 14.7 Å². The predicted molar refractivity (Wildman–Crippen MR) is 82.0 cm³/mol. The minimum absolute atomic E-state index is 0.0777. The number of hydrogen-bond donors (Lipinski definition) is 0. The second-order valence-electron chi connectivity index (χ2n) is 6.25. The van der Waals surface area contributed by atoms with Crippen LogP contribution in [0.2, 0.25) is 0 Å². The summed E-state index contributed by atoms with van der Waals surface area (Å²) < 4.78 is 43.1. The Bertz CT molecular complexity index is 681.